The number of carbonyl (C=O) groups is 1. The van der Waals surface area contributed by atoms with E-state index in [0.29, 0.717) is 10.6 Å². The number of aryl methyl sites for hydroxylation is 1. The summed E-state index contributed by atoms with van der Waals surface area (Å²) in [6.07, 6.45) is 0. The van der Waals surface area contributed by atoms with Crippen LogP contribution < -0.4 is 15.5 Å². The van der Waals surface area contributed by atoms with Gasteiger partial charge in [0.05, 0.1) is 10.7 Å². The van der Waals surface area contributed by atoms with Crippen molar-refractivity contribution in [3.05, 3.63) is 93.5 Å². The average molecular weight is 513 g/mol. The summed E-state index contributed by atoms with van der Waals surface area (Å²) in [6.45, 7) is 6.43. The predicted molar refractivity (Wildman–Crippen MR) is 145 cm³/mol. The first-order chi connectivity index (χ1) is 16.4. The molecule has 0 bridgehead atoms. The van der Waals surface area contributed by atoms with Crippen LogP contribution in [-0.2, 0) is 6.54 Å². The van der Waals surface area contributed by atoms with Gasteiger partial charge >= 0.3 is 0 Å². The van der Waals surface area contributed by atoms with E-state index >= 15 is 0 Å². The van der Waals surface area contributed by atoms with Gasteiger partial charge in [0.25, 0.3) is 5.91 Å². The molecule has 0 saturated carbocycles. The highest BCUT2D eigenvalue weighted by Gasteiger charge is 2.20. The van der Waals surface area contributed by atoms with E-state index in [-0.39, 0.29) is 11.0 Å². The Labute approximate surface area is 215 Å². The molecule has 1 fully saturated rings. The Morgan fingerprint density at radius 2 is 1.65 bits per heavy atom. The number of nitrogens with one attached hydrogen (secondary N) is 2. The maximum atomic E-state index is 12.4. The third-order valence-electron chi connectivity index (χ3n) is 5.81. The minimum Gasteiger partial charge on any atom is -0.368 e. The van der Waals surface area contributed by atoms with Crippen LogP contribution in [0.1, 0.15) is 21.5 Å². The summed E-state index contributed by atoms with van der Waals surface area (Å²) >= 11 is 18.2. The number of hydrogen-bond donors (Lipinski definition) is 2. The van der Waals surface area contributed by atoms with E-state index in [1.54, 1.807) is 12.1 Å². The Balaban J connectivity index is 1.31. The van der Waals surface area contributed by atoms with Crippen molar-refractivity contribution in [2.75, 3.05) is 36.4 Å². The Morgan fingerprint density at radius 3 is 2.32 bits per heavy atom. The zero-order chi connectivity index (χ0) is 24.1. The second-order valence-corrected chi connectivity index (χ2v) is 9.52. The Bertz CT molecular complexity index is 1180. The number of carbonyl (C=O) groups excluding carboxylic acids is 1. The Morgan fingerprint density at radius 1 is 0.941 bits per heavy atom. The molecule has 3 aromatic rings. The highest BCUT2D eigenvalue weighted by molar-refractivity contribution is 7.80. The molecule has 0 atom stereocenters. The molecule has 5 nitrogen and oxygen atoms in total. The molecule has 0 aromatic heterocycles. The van der Waals surface area contributed by atoms with Gasteiger partial charge in [-0.3, -0.25) is 15.0 Å². The van der Waals surface area contributed by atoms with Gasteiger partial charge in [0, 0.05) is 49.0 Å². The van der Waals surface area contributed by atoms with Crippen LogP contribution in [0, 0.1) is 6.92 Å². The van der Waals surface area contributed by atoms with Crippen LogP contribution in [-0.4, -0.2) is 42.1 Å². The molecule has 34 heavy (non-hydrogen) atoms. The van der Waals surface area contributed by atoms with Gasteiger partial charge in [-0.15, -0.1) is 0 Å². The SMILES string of the molecule is Cc1ccc(C(=O)NC(=S)Nc2ccc(N3CCN(Cc4ccccc4Cl)CC3)c(Cl)c2)cc1. The zero-order valence-electron chi connectivity index (χ0n) is 18.9. The van der Waals surface area contributed by atoms with Crippen molar-refractivity contribution in [1.29, 1.82) is 0 Å². The van der Waals surface area contributed by atoms with E-state index in [1.165, 1.54) is 0 Å². The molecule has 1 aliphatic rings. The first-order valence-electron chi connectivity index (χ1n) is 11.1. The number of thiocarbonyl (C=S) groups is 1. The average Bonchev–Trinajstić information content (AvgIpc) is 2.82. The minimum atomic E-state index is -0.255. The summed E-state index contributed by atoms with van der Waals surface area (Å²) in [5, 5.41) is 7.41. The smallest absolute Gasteiger partial charge is 0.257 e. The fourth-order valence-corrected chi connectivity index (χ4v) is 4.60. The predicted octanol–water partition coefficient (Wildman–Crippen LogP) is 5.75. The summed E-state index contributed by atoms with van der Waals surface area (Å²) in [5.74, 6) is -0.255. The lowest BCUT2D eigenvalue weighted by Crippen LogP contribution is -2.46. The maximum Gasteiger partial charge on any atom is 0.257 e. The van der Waals surface area contributed by atoms with Crippen LogP contribution >= 0.6 is 35.4 Å². The van der Waals surface area contributed by atoms with Gasteiger partial charge in [-0.05, 0) is 61.1 Å². The number of amides is 1. The van der Waals surface area contributed by atoms with Crippen LogP contribution in [0.5, 0.6) is 0 Å². The molecule has 1 saturated heterocycles. The van der Waals surface area contributed by atoms with Gasteiger partial charge in [0.2, 0.25) is 0 Å². The first kappa shape index (κ1) is 24.5. The van der Waals surface area contributed by atoms with Crippen LogP contribution in [0.3, 0.4) is 0 Å². The lowest BCUT2D eigenvalue weighted by Gasteiger charge is -2.36. The largest absolute Gasteiger partial charge is 0.368 e. The molecule has 2 N–H and O–H groups in total. The van der Waals surface area contributed by atoms with Gasteiger partial charge < -0.3 is 10.2 Å². The summed E-state index contributed by atoms with van der Waals surface area (Å²) in [4.78, 5) is 17.0. The topological polar surface area (TPSA) is 47.6 Å². The van der Waals surface area contributed by atoms with Crippen molar-refractivity contribution in [1.82, 2.24) is 10.2 Å². The number of rotatable bonds is 5. The summed E-state index contributed by atoms with van der Waals surface area (Å²) in [5.41, 5.74) is 4.50. The maximum absolute atomic E-state index is 12.4. The number of halogens is 2. The van der Waals surface area contributed by atoms with Crippen LogP contribution in [0.2, 0.25) is 10.0 Å². The van der Waals surface area contributed by atoms with E-state index in [2.05, 4.69) is 26.5 Å². The third-order valence-corrected chi connectivity index (χ3v) is 6.69. The lowest BCUT2D eigenvalue weighted by molar-refractivity contribution is 0.0977. The van der Waals surface area contributed by atoms with Crippen LogP contribution in [0.15, 0.2) is 66.7 Å². The van der Waals surface area contributed by atoms with Crippen molar-refractivity contribution in [2.24, 2.45) is 0 Å². The Kier molecular flexibility index (Phi) is 8.06. The van der Waals surface area contributed by atoms with E-state index in [0.717, 1.165) is 60.2 Å². The van der Waals surface area contributed by atoms with Crippen molar-refractivity contribution >= 4 is 57.8 Å². The van der Waals surface area contributed by atoms with Gasteiger partial charge in [0.15, 0.2) is 5.11 Å². The molecular formula is C26H26Cl2N4OS. The molecule has 3 aromatic carbocycles. The molecule has 0 spiro atoms. The molecule has 4 rings (SSSR count). The molecule has 0 unspecified atom stereocenters. The second-order valence-electron chi connectivity index (χ2n) is 8.30. The standard InChI is InChI=1S/C26H26Cl2N4OS/c1-18-6-8-19(9-7-18)25(33)30-26(34)29-21-10-11-24(23(28)16-21)32-14-12-31(13-15-32)17-20-4-2-3-5-22(20)27/h2-11,16H,12-15,17H2,1H3,(H2,29,30,33,34). The fraction of sp³-hybridized carbons (Fsp3) is 0.231. The molecule has 8 heteroatoms. The quantitative estimate of drug-likeness (QED) is 0.426. The van der Waals surface area contributed by atoms with E-state index in [9.17, 15) is 4.79 Å². The summed E-state index contributed by atoms with van der Waals surface area (Å²) < 4.78 is 0. The van der Waals surface area contributed by atoms with Gasteiger partial charge in [0.1, 0.15) is 0 Å². The van der Waals surface area contributed by atoms with Crippen molar-refractivity contribution in [3.8, 4) is 0 Å². The van der Waals surface area contributed by atoms with Crippen LogP contribution in [0.4, 0.5) is 11.4 Å². The fourth-order valence-electron chi connectivity index (χ4n) is 3.90. The van der Waals surface area contributed by atoms with Gasteiger partial charge in [-0.2, -0.15) is 0 Å². The van der Waals surface area contributed by atoms with Crippen molar-refractivity contribution in [3.63, 3.8) is 0 Å². The zero-order valence-corrected chi connectivity index (χ0v) is 21.2. The molecule has 0 aliphatic carbocycles. The molecule has 1 aliphatic heterocycles. The molecule has 1 heterocycles. The highest BCUT2D eigenvalue weighted by Crippen LogP contribution is 2.30. The van der Waals surface area contributed by atoms with E-state index < -0.39 is 0 Å². The van der Waals surface area contributed by atoms with Gasteiger partial charge in [-0.1, -0.05) is 59.1 Å². The highest BCUT2D eigenvalue weighted by atomic mass is 35.5. The van der Waals surface area contributed by atoms with Gasteiger partial charge in [-0.25, -0.2) is 0 Å². The van der Waals surface area contributed by atoms with E-state index in [1.807, 2.05) is 55.5 Å². The van der Waals surface area contributed by atoms with Crippen molar-refractivity contribution in [2.45, 2.75) is 13.5 Å². The number of anilines is 2. The third kappa shape index (κ3) is 6.27. The first-order valence-corrected chi connectivity index (χ1v) is 12.2. The lowest BCUT2D eigenvalue weighted by atomic mass is 10.1. The van der Waals surface area contributed by atoms with Crippen molar-refractivity contribution < 1.29 is 4.79 Å². The number of nitrogens with zero attached hydrogens (tertiary/aromatic N) is 2. The minimum absolute atomic E-state index is 0.225. The van der Waals surface area contributed by atoms with E-state index in [4.69, 9.17) is 35.4 Å². The summed E-state index contributed by atoms with van der Waals surface area (Å²) in [6, 6.07) is 21.0. The molecular weight excluding hydrogens is 487 g/mol. The Hall–Kier alpha value is -2.64. The molecule has 0 radical (unpaired) electrons. The summed E-state index contributed by atoms with van der Waals surface area (Å²) in [7, 11) is 0. The van der Waals surface area contributed by atoms with Crippen LogP contribution in [0.25, 0.3) is 0 Å². The number of benzene rings is 3. The second kappa shape index (κ2) is 11.2. The molecule has 1 amide bonds. The monoisotopic (exact) mass is 512 g/mol. The number of hydrogen-bond acceptors (Lipinski definition) is 4. The molecule has 176 valence electrons. The normalized spacial score (nSPS) is 14.0. The number of piperazine rings is 1.